The van der Waals surface area contributed by atoms with E-state index in [-0.39, 0.29) is 56.0 Å². The quantitative estimate of drug-likeness (QED) is 0.0318. The second-order valence-electron chi connectivity index (χ2n) is 11.7. The first-order valence-corrected chi connectivity index (χ1v) is 16.9. The summed E-state index contributed by atoms with van der Waals surface area (Å²) in [6.45, 7) is 0.468. The maximum absolute atomic E-state index is 13.0. The third-order valence-electron chi connectivity index (χ3n) is 7.30. The molecule has 2 aromatic carbocycles. The molecule has 2 unspecified atom stereocenters. The first kappa shape index (κ1) is 53.4. The maximum Gasteiger partial charge on any atom is 0.410 e. The number of esters is 5. The molecule has 2 atom stereocenters. The number of aliphatic carboxylic acids is 1. The van der Waals surface area contributed by atoms with Crippen LogP contribution in [0.1, 0.15) is 67.7 Å². The smallest absolute Gasteiger partial charge is 0.410 e. The highest BCUT2D eigenvalue weighted by atomic mass is 19.3. The molecular formula is C36H46F4N4O16. The number of carbonyl (C=O) groups excluding carboxylic acids is 7. The summed E-state index contributed by atoms with van der Waals surface area (Å²) < 4.78 is 84.1. The number of carboxylic acids is 1. The molecule has 2 rings (SSSR count). The Morgan fingerprint density at radius 1 is 0.650 bits per heavy atom. The highest BCUT2D eigenvalue weighted by Gasteiger charge is 2.44. The summed E-state index contributed by atoms with van der Waals surface area (Å²) in [4.78, 5) is 91.3. The highest BCUT2D eigenvalue weighted by Crippen LogP contribution is 2.22. The zero-order chi connectivity index (χ0) is 44.8. The van der Waals surface area contributed by atoms with Gasteiger partial charge in [0.1, 0.15) is 22.6 Å². The molecule has 0 fully saturated rings. The van der Waals surface area contributed by atoms with E-state index in [1.54, 1.807) is 6.07 Å². The van der Waals surface area contributed by atoms with Crippen LogP contribution in [0.15, 0.2) is 48.5 Å². The fraction of sp³-hybridized carbons (Fsp3) is 0.444. The standard InChI is InChI=1S/C18H22F2N2O8.C17H20F2N2O8.CH4/c1-11(23)30-13-7-4-3-6-12(13)14(24)28-10-29-17(26)22-9-5-8-18(21,15(19)20)16(25)27-2;1-10(22)29-12-6-3-2-5-11(12)13(23)27-9-28-16(26)21-8-4-7-17(20,14(18)19)15(24)25;/h3-4,6-7,15H,5,8-10,21H2,1-2H3,(H,22,26);2-3,5-6,14H,4,7-9,20H2,1H3,(H,21,26)(H,24,25);1H4. The van der Waals surface area contributed by atoms with Crippen LogP contribution in [0.3, 0.4) is 0 Å². The van der Waals surface area contributed by atoms with Crippen LogP contribution in [0, 0.1) is 0 Å². The van der Waals surface area contributed by atoms with Gasteiger partial charge in [-0.05, 0) is 49.9 Å². The summed E-state index contributed by atoms with van der Waals surface area (Å²) in [6.07, 6.45) is -9.69. The van der Waals surface area contributed by atoms with Gasteiger partial charge in [0.25, 0.3) is 12.9 Å². The topological polar surface area (TPSA) is 298 Å². The summed E-state index contributed by atoms with van der Waals surface area (Å²) in [5.41, 5.74) is 5.19. The second-order valence-corrected chi connectivity index (χ2v) is 11.7. The Kier molecular flexibility index (Phi) is 23.6. The van der Waals surface area contributed by atoms with E-state index in [1.807, 2.05) is 0 Å². The summed E-state index contributed by atoms with van der Waals surface area (Å²) >= 11 is 0. The molecule has 0 aliphatic rings. The van der Waals surface area contributed by atoms with E-state index in [0.717, 1.165) is 21.0 Å². The number of amides is 2. The largest absolute Gasteiger partial charge is 0.480 e. The Bertz CT molecular complexity index is 1790. The van der Waals surface area contributed by atoms with Gasteiger partial charge in [0, 0.05) is 26.9 Å². The number of rotatable bonds is 20. The van der Waals surface area contributed by atoms with Gasteiger partial charge >= 0.3 is 48.0 Å². The lowest BCUT2D eigenvalue weighted by molar-refractivity contribution is -0.154. The van der Waals surface area contributed by atoms with Crippen molar-refractivity contribution in [3.05, 3.63) is 59.7 Å². The summed E-state index contributed by atoms with van der Waals surface area (Å²) in [7, 11) is 0.938. The number of nitrogens with two attached hydrogens (primary N) is 2. The molecular weight excluding hydrogens is 820 g/mol. The molecule has 0 aromatic heterocycles. The number of carbonyl (C=O) groups is 8. The van der Waals surface area contributed by atoms with Crippen molar-refractivity contribution in [1.29, 1.82) is 0 Å². The van der Waals surface area contributed by atoms with Gasteiger partial charge in [-0.3, -0.25) is 9.59 Å². The number of carboxylic acid groups (broad SMARTS) is 1. The molecule has 2 amide bonds. The Balaban J connectivity index is 0.00000114. The number of alkyl halides is 4. The predicted molar refractivity (Wildman–Crippen MR) is 196 cm³/mol. The van der Waals surface area contributed by atoms with Gasteiger partial charge in [0.05, 0.1) is 7.11 Å². The number of hydrogen-bond donors (Lipinski definition) is 5. The summed E-state index contributed by atoms with van der Waals surface area (Å²) in [5, 5.41) is 13.1. The monoisotopic (exact) mass is 866 g/mol. The molecule has 0 saturated carbocycles. The number of methoxy groups -OCH3 is 1. The lowest BCUT2D eigenvalue weighted by Crippen LogP contribution is -2.55. The van der Waals surface area contributed by atoms with E-state index in [0.29, 0.717) is 0 Å². The molecule has 0 radical (unpaired) electrons. The van der Waals surface area contributed by atoms with E-state index >= 15 is 0 Å². The lowest BCUT2D eigenvalue weighted by Gasteiger charge is -2.25. The summed E-state index contributed by atoms with van der Waals surface area (Å²) in [5.74, 6) is -6.25. The molecule has 0 aliphatic carbocycles. The molecule has 60 heavy (non-hydrogen) atoms. The number of ether oxygens (including phenoxy) is 7. The minimum atomic E-state index is -3.28. The normalized spacial score (nSPS) is 12.3. The molecule has 0 aliphatic heterocycles. The molecule has 0 saturated heterocycles. The first-order valence-electron chi connectivity index (χ1n) is 16.9. The first-order chi connectivity index (χ1) is 27.7. The third-order valence-corrected chi connectivity index (χ3v) is 7.30. The van der Waals surface area contributed by atoms with Gasteiger partial charge < -0.3 is 60.4 Å². The second kappa shape index (κ2) is 26.4. The Morgan fingerprint density at radius 2 is 1.02 bits per heavy atom. The predicted octanol–water partition coefficient (Wildman–Crippen LogP) is 3.28. The number of para-hydroxylation sites is 2. The minimum Gasteiger partial charge on any atom is -0.480 e. The molecule has 20 nitrogen and oxygen atoms in total. The van der Waals surface area contributed by atoms with Gasteiger partial charge in [0.15, 0.2) is 11.1 Å². The lowest BCUT2D eigenvalue weighted by atomic mass is 9.95. The van der Waals surface area contributed by atoms with Crippen molar-refractivity contribution < 1.29 is 94.2 Å². The van der Waals surface area contributed by atoms with Gasteiger partial charge in [-0.2, -0.15) is 0 Å². The average Bonchev–Trinajstić information content (AvgIpc) is 3.17. The van der Waals surface area contributed by atoms with Gasteiger partial charge in [0.2, 0.25) is 13.6 Å². The fourth-order valence-corrected chi connectivity index (χ4v) is 4.23. The molecule has 0 bridgehead atoms. The van der Waals surface area contributed by atoms with Gasteiger partial charge in [-0.15, -0.1) is 0 Å². The number of halogens is 4. The van der Waals surface area contributed by atoms with E-state index in [9.17, 15) is 55.9 Å². The average molecular weight is 867 g/mol. The maximum atomic E-state index is 13.0. The molecule has 7 N–H and O–H groups in total. The van der Waals surface area contributed by atoms with Gasteiger partial charge in [-0.1, -0.05) is 31.7 Å². The van der Waals surface area contributed by atoms with Crippen LogP contribution in [0.4, 0.5) is 27.2 Å². The molecule has 2 aromatic rings. The van der Waals surface area contributed by atoms with Crippen molar-refractivity contribution in [3.8, 4) is 11.5 Å². The number of hydrogen-bond acceptors (Lipinski definition) is 17. The van der Waals surface area contributed by atoms with Crippen LogP contribution in [0.25, 0.3) is 0 Å². The van der Waals surface area contributed by atoms with Crippen LogP contribution in [-0.2, 0) is 42.9 Å². The zero-order valence-electron chi connectivity index (χ0n) is 31.7. The van der Waals surface area contributed by atoms with Crippen LogP contribution >= 0.6 is 0 Å². The SMILES string of the molecule is C.CC(=O)Oc1ccccc1C(=O)OCOC(=O)NCCCC(N)(C(=O)O)C(F)F.COC(=O)C(N)(CCCNC(=O)OCOC(=O)c1ccccc1OC(C)=O)C(F)F. The Labute approximate surface area is 340 Å². The van der Waals surface area contributed by atoms with E-state index < -0.39 is 98.4 Å². The van der Waals surface area contributed by atoms with Crippen molar-refractivity contribution in [2.45, 2.75) is 70.9 Å². The van der Waals surface area contributed by atoms with E-state index in [4.69, 9.17) is 35.5 Å². The zero-order valence-corrected chi connectivity index (χ0v) is 31.7. The number of alkyl carbamates (subject to hydrolysis) is 2. The minimum absolute atomic E-state index is 0. The molecule has 24 heteroatoms. The van der Waals surface area contributed by atoms with Crippen molar-refractivity contribution in [2.75, 3.05) is 33.8 Å². The van der Waals surface area contributed by atoms with Gasteiger partial charge in [-0.25, -0.2) is 46.3 Å². The summed E-state index contributed by atoms with van der Waals surface area (Å²) in [6, 6.07) is 11.6. The van der Waals surface area contributed by atoms with Crippen LogP contribution < -0.4 is 31.6 Å². The number of nitrogens with one attached hydrogen (secondary N) is 2. The van der Waals surface area contributed by atoms with Crippen LogP contribution in [-0.4, -0.2) is 111 Å². The number of benzene rings is 2. The van der Waals surface area contributed by atoms with E-state index in [2.05, 4.69) is 24.8 Å². The molecule has 0 spiro atoms. The Morgan fingerprint density at radius 3 is 1.35 bits per heavy atom. The van der Waals surface area contributed by atoms with E-state index in [1.165, 1.54) is 42.5 Å². The molecule has 334 valence electrons. The van der Waals surface area contributed by atoms with Crippen molar-refractivity contribution in [1.82, 2.24) is 10.6 Å². The van der Waals surface area contributed by atoms with Crippen LogP contribution in [0.2, 0.25) is 0 Å². The molecule has 0 heterocycles. The van der Waals surface area contributed by atoms with Crippen molar-refractivity contribution >= 4 is 48.0 Å². The highest BCUT2D eigenvalue weighted by molar-refractivity contribution is 5.94. The Hall–Kier alpha value is -6.56. The third kappa shape index (κ3) is 17.9. The fourth-order valence-electron chi connectivity index (χ4n) is 4.23. The van der Waals surface area contributed by atoms with Crippen molar-refractivity contribution in [2.24, 2.45) is 11.5 Å². The van der Waals surface area contributed by atoms with Crippen molar-refractivity contribution in [3.63, 3.8) is 0 Å². The van der Waals surface area contributed by atoms with Crippen LogP contribution in [0.5, 0.6) is 11.5 Å².